The molecule has 1 aromatic carbocycles. The van der Waals surface area contributed by atoms with E-state index in [2.05, 4.69) is 59.0 Å². The zero-order valence-corrected chi connectivity index (χ0v) is 14.9. The lowest BCUT2D eigenvalue weighted by Gasteiger charge is -2.35. The lowest BCUT2D eigenvalue weighted by atomic mass is 9.91. The maximum atomic E-state index is 12.7. The van der Waals surface area contributed by atoms with E-state index >= 15 is 0 Å². The molecule has 0 unspecified atom stereocenters. The maximum Gasteiger partial charge on any atom is 0.282 e. The van der Waals surface area contributed by atoms with Crippen molar-refractivity contribution in [3.8, 4) is 0 Å². The standard InChI is InChI=1S/C19H30N2O/c1-12-8-15(4)18(16(5)9-12)20-19(22)17(6)21-10-13(2)7-14(3)11-21/h8-9,13-14,17H,7,10-11H2,1-6H3,(H,20,22)/p+1/t13-,14-,17-/m0/s1. The molecule has 2 N–H and O–H groups in total. The molecule has 0 bridgehead atoms. The molecular weight excluding hydrogens is 272 g/mol. The summed E-state index contributed by atoms with van der Waals surface area (Å²) in [5.74, 6) is 1.56. The van der Waals surface area contributed by atoms with Crippen LogP contribution in [0.4, 0.5) is 5.69 Å². The van der Waals surface area contributed by atoms with Crippen molar-refractivity contribution in [1.82, 2.24) is 0 Å². The normalized spacial score (nSPS) is 26.5. The third kappa shape index (κ3) is 3.89. The van der Waals surface area contributed by atoms with E-state index in [1.165, 1.54) is 16.9 Å². The van der Waals surface area contributed by atoms with Gasteiger partial charge in [-0.05, 0) is 45.2 Å². The molecule has 3 atom stereocenters. The van der Waals surface area contributed by atoms with Gasteiger partial charge in [-0.1, -0.05) is 31.5 Å². The second-order valence-electron chi connectivity index (χ2n) is 7.50. The van der Waals surface area contributed by atoms with Crippen molar-refractivity contribution in [3.63, 3.8) is 0 Å². The molecule has 3 nitrogen and oxygen atoms in total. The van der Waals surface area contributed by atoms with Gasteiger partial charge in [0.2, 0.25) is 0 Å². The van der Waals surface area contributed by atoms with Crippen LogP contribution in [0.1, 0.15) is 43.9 Å². The number of benzene rings is 1. The van der Waals surface area contributed by atoms with E-state index in [9.17, 15) is 4.79 Å². The number of rotatable bonds is 3. The average molecular weight is 303 g/mol. The molecule has 122 valence electrons. The minimum atomic E-state index is 0.00491. The van der Waals surface area contributed by atoms with Gasteiger partial charge in [-0.25, -0.2) is 0 Å². The van der Waals surface area contributed by atoms with Crippen LogP contribution in [0.5, 0.6) is 0 Å². The van der Waals surface area contributed by atoms with Crippen LogP contribution in [0.2, 0.25) is 0 Å². The Kier molecular flexibility index (Phi) is 5.28. The Morgan fingerprint density at radius 2 is 1.64 bits per heavy atom. The molecular formula is C19H31N2O+. The van der Waals surface area contributed by atoms with E-state index in [0.717, 1.165) is 29.9 Å². The maximum absolute atomic E-state index is 12.7. The fourth-order valence-corrected chi connectivity index (χ4v) is 3.98. The molecule has 1 fully saturated rings. The Bertz CT molecular complexity index is 519. The predicted molar refractivity (Wildman–Crippen MR) is 92.4 cm³/mol. The van der Waals surface area contributed by atoms with Crippen molar-refractivity contribution >= 4 is 11.6 Å². The van der Waals surface area contributed by atoms with Gasteiger partial charge in [-0.15, -0.1) is 0 Å². The number of amides is 1. The van der Waals surface area contributed by atoms with Crippen molar-refractivity contribution < 1.29 is 9.69 Å². The molecule has 0 aromatic heterocycles. The van der Waals surface area contributed by atoms with Crippen molar-refractivity contribution in [2.24, 2.45) is 11.8 Å². The van der Waals surface area contributed by atoms with Crippen LogP contribution in [0, 0.1) is 32.6 Å². The number of carbonyl (C=O) groups excluding carboxylic acids is 1. The Morgan fingerprint density at radius 3 is 2.14 bits per heavy atom. The summed E-state index contributed by atoms with van der Waals surface area (Å²) in [7, 11) is 0. The van der Waals surface area contributed by atoms with Gasteiger partial charge in [0.05, 0.1) is 13.1 Å². The number of quaternary nitrogens is 1. The molecule has 22 heavy (non-hydrogen) atoms. The van der Waals surface area contributed by atoms with Gasteiger partial charge in [0.25, 0.3) is 5.91 Å². The highest BCUT2D eigenvalue weighted by molar-refractivity contribution is 5.95. The Labute approximate surface area is 135 Å². The first-order valence-electron chi connectivity index (χ1n) is 8.51. The average Bonchev–Trinajstić information content (AvgIpc) is 2.40. The van der Waals surface area contributed by atoms with Gasteiger partial charge in [-0.2, -0.15) is 0 Å². The molecule has 0 saturated carbocycles. The number of hydrogen-bond donors (Lipinski definition) is 2. The van der Waals surface area contributed by atoms with Crippen molar-refractivity contribution in [2.75, 3.05) is 18.4 Å². The first-order chi connectivity index (χ1) is 10.3. The van der Waals surface area contributed by atoms with E-state index in [4.69, 9.17) is 0 Å². The third-order valence-electron chi connectivity index (χ3n) is 4.96. The minimum Gasteiger partial charge on any atom is -0.324 e. The lowest BCUT2D eigenvalue weighted by molar-refractivity contribution is -0.925. The quantitative estimate of drug-likeness (QED) is 0.884. The smallest absolute Gasteiger partial charge is 0.282 e. The van der Waals surface area contributed by atoms with Gasteiger partial charge >= 0.3 is 0 Å². The highest BCUT2D eigenvalue weighted by Gasteiger charge is 2.32. The fraction of sp³-hybridized carbons (Fsp3) is 0.632. The predicted octanol–water partition coefficient (Wildman–Crippen LogP) is 2.50. The molecule has 1 saturated heterocycles. The zero-order chi connectivity index (χ0) is 16.4. The van der Waals surface area contributed by atoms with Gasteiger partial charge in [0, 0.05) is 17.5 Å². The number of hydrogen-bond acceptors (Lipinski definition) is 1. The zero-order valence-electron chi connectivity index (χ0n) is 14.9. The molecule has 3 heteroatoms. The minimum absolute atomic E-state index is 0.00491. The van der Waals surface area contributed by atoms with Crippen LogP contribution in [-0.4, -0.2) is 25.0 Å². The van der Waals surface area contributed by atoms with Crippen molar-refractivity contribution in [3.05, 3.63) is 28.8 Å². The van der Waals surface area contributed by atoms with Gasteiger partial charge in [0.15, 0.2) is 6.04 Å². The summed E-state index contributed by atoms with van der Waals surface area (Å²) in [5, 5.41) is 3.17. The summed E-state index contributed by atoms with van der Waals surface area (Å²) in [6, 6.07) is 4.27. The molecule has 0 radical (unpaired) electrons. The summed E-state index contributed by atoms with van der Waals surface area (Å²) in [6.07, 6.45) is 1.29. The Hall–Kier alpha value is -1.35. The molecule has 0 aliphatic carbocycles. The second kappa shape index (κ2) is 6.82. The summed E-state index contributed by atoms with van der Waals surface area (Å²) < 4.78 is 0. The van der Waals surface area contributed by atoms with Crippen LogP contribution in [0.3, 0.4) is 0 Å². The summed E-state index contributed by atoms with van der Waals surface area (Å²) in [4.78, 5) is 14.1. The second-order valence-corrected chi connectivity index (χ2v) is 7.50. The van der Waals surface area contributed by atoms with E-state index < -0.39 is 0 Å². The van der Waals surface area contributed by atoms with E-state index in [1.807, 2.05) is 0 Å². The summed E-state index contributed by atoms with van der Waals surface area (Å²) in [5.41, 5.74) is 4.52. The molecule has 2 rings (SSSR count). The van der Waals surface area contributed by atoms with Crippen LogP contribution in [-0.2, 0) is 4.79 Å². The number of likely N-dealkylation sites (tertiary alicyclic amines) is 1. The number of carbonyl (C=O) groups is 1. The van der Waals surface area contributed by atoms with Gasteiger partial charge in [0.1, 0.15) is 0 Å². The number of anilines is 1. The van der Waals surface area contributed by atoms with Crippen LogP contribution >= 0.6 is 0 Å². The van der Waals surface area contributed by atoms with Crippen LogP contribution in [0.15, 0.2) is 12.1 Å². The molecule has 1 heterocycles. The summed E-state index contributed by atoms with van der Waals surface area (Å²) >= 11 is 0. The molecule has 0 spiro atoms. The number of aryl methyl sites for hydroxylation is 3. The number of nitrogens with one attached hydrogen (secondary N) is 2. The monoisotopic (exact) mass is 303 g/mol. The molecule has 1 aliphatic rings. The highest BCUT2D eigenvalue weighted by atomic mass is 16.2. The molecule has 1 amide bonds. The molecule has 1 aliphatic heterocycles. The topological polar surface area (TPSA) is 33.5 Å². The largest absolute Gasteiger partial charge is 0.324 e. The van der Waals surface area contributed by atoms with Gasteiger partial charge < -0.3 is 10.2 Å². The van der Waals surface area contributed by atoms with Gasteiger partial charge in [-0.3, -0.25) is 4.79 Å². The summed E-state index contributed by atoms with van der Waals surface area (Å²) in [6.45, 7) is 15.1. The fourth-order valence-electron chi connectivity index (χ4n) is 3.98. The van der Waals surface area contributed by atoms with Crippen LogP contribution in [0.25, 0.3) is 0 Å². The Morgan fingerprint density at radius 1 is 1.14 bits per heavy atom. The first kappa shape index (κ1) is 17.0. The van der Waals surface area contributed by atoms with E-state index in [1.54, 1.807) is 0 Å². The number of piperidine rings is 1. The Balaban J connectivity index is 2.09. The van der Waals surface area contributed by atoms with Crippen molar-refractivity contribution in [1.29, 1.82) is 0 Å². The first-order valence-corrected chi connectivity index (χ1v) is 8.51. The van der Waals surface area contributed by atoms with Crippen molar-refractivity contribution in [2.45, 2.75) is 54.0 Å². The van der Waals surface area contributed by atoms with E-state index in [-0.39, 0.29) is 11.9 Å². The molecule has 1 aromatic rings. The van der Waals surface area contributed by atoms with E-state index in [0.29, 0.717) is 11.8 Å². The van der Waals surface area contributed by atoms with Crippen LogP contribution < -0.4 is 10.2 Å². The SMILES string of the molecule is Cc1cc(C)c(NC(=O)[C@H](C)[NH+]2C[C@@H](C)C[C@H](C)C2)c(C)c1. The lowest BCUT2D eigenvalue weighted by Crippen LogP contribution is -3.18. The highest BCUT2D eigenvalue weighted by Crippen LogP contribution is 2.22. The third-order valence-corrected chi connectivity index (χ3v) is 4.96.